The third-order valence-electron chi connectivity index (χ3n) is 5.47. The van der Waals surface area contributed by atoms with Gasteiger partial charge in [0.1, 0.15) is 18.0 Å². The van der Waals surface area contributed by atoms with E-state index in [0.717, 1.165) is 63.5 Å². The first-order chi connectivity index (χ1) is 12.3. The lowest BCUT2D eigenvalue weighted by Gasteiger charge is -2.35. The van der Waals surface area contributed by atoms with Gasteiger partial charge in [-0.3, -0.25) is 0 Å². The van der Waals surface area contributed by atoms with Gasteiger partial charge in [-0.25, -0.2) is 15.0 Å². The van der Waals surface area contributed by atoms with Crippen molar-refractivity contribution in [3.63, 3.8) is 0 Å². The van der Waals surface area contributed by atoms with Crippen LogP contribution in [0.2, 0.25) is 0 Å². The summed E-state index contributed by atoms with van der Waals surface area (Å²) >= 11 is 0. The molecule has 0 saturated carbocycles. The highest BCUT2D eigenvalue weighted by molar-refractivity contribution is 5.50. The van der Waals surface area contributed by atoms with E-state index < -0.39 is 0 Å². The number of imidazole rings is 1. The van der Waals surface area contributed by atoms with Gasteiger partial charge in [-0.1, -0.05) is 0 Å². The molecule has 0 amide bonds. The molecule has 2 saturated heterocycles. The minimum Gasteiger partial charge on any atom is -0.396 e. The average molecular weight is 342 g/mol. The second-order valence-corrected chi connectivity index (χ2v) is 7.10. The highest BCUT2D eigenvalue weighted by Gasteiger charge is 2.23. The molecule has 0 spiro atoms. The first-order valence-corrected chi connectivity index (χ1v) is 9.23. The summed E-state index contributed by atoms with van der Waals surface area (Å²) in [6, 6.07) is 2.64. The van der Waals surface area contributed by atoms with Gasteiger partial charge in [0, 0.05) is 57.3 Å². The third-order valence-corrected chi connectivity index (χ3v) is 5.47. The molecule has 1 atom stereocenters. The smallest absolute Gasteiger partial charge is 0.134 e. The van der Waals surface area contributed by atoms with Crippen LogP contribution >= 0.6 is 0 Å². The van der Waals surface area contributed by atoms with E-state index in [1.165, 1.54) is 0 Å². The maximum absolute atomic E-state index is 9.44. The molecule has 1 unspecified atom stereocenters. The number of aromatic nitrogens is 4. The number of piperidine rings is 2. The number of hydrogen-bond acceptors (Lipinski definition) is 6. The molecule has 0 radical (unpaired) electrons. The molecule has 0 aromatic carbocycles. The molecule has 134 valence electrons. The standard InChI is InChI=1S/C18H26N6O/c25-12-15-2-1-6-23(11-15)18-10-17(20-13-21-18)22-7-3-16(4-8-22)24-9-5-19-14-24/h5,9-10,13-16,25H,1-4,6-8,11-12H2. The summed E-state index contributed by atoms with van der Waals surface area (Å²) in [7, 11) is 0. The van der Waals surface area contributed by atoms with Gasteiger partial charge in [-0.15, -0.1) is 0 Å². The van der Waals surface area contributed by atoms with Gasteiger partial charge >= 0.3 is 0 Å². The average Bonchev–Trinajstić information content (AvgIpc) is 3.23. The predicted molar refractivity (Wildman–Crippen MR) is 96.8 cm³/mol. The molecule has 1 N–H and O–H groups in total. The molecule has 4 rings (SSSR count). The Kier molecular flexibility index (Phi) is 4.83. The zero-order valence-electron chi connectivity index (χ0n) is 14.5. The number of anilines is 2. The molecule has 2 fully saturated rings. The first-order valence-electron chi connectivity index (χ1n) is 9.23. The molecule has 2 aromatic rings. The minimum absolute atomic E-state index is 0.260. The predicted octanol–water partition coefficient (Wildman–Crippen LogP) is 1.72. The van der Waals surface area contributed by atoms with Crippen molar-refractivity contribution >= 4 is 11.6 Å². The summed E-state index contributed by atoms with van der Waals surface area (Å²) in [5.74, 6) is 2.36. The van der Waals surface area contributed by atoms with Crippen LogP contribution in [0.25, 0.3) is 0 Å². The Balaban J connectivity index is 1.42. The van der Waals surface area contributed by atoms with E-state index in [9.17, 15) is 5.11 Å². The molecule has 2 aromatic heterocycles. The molecule has 4 heterocycles. The number of hydrogen-bond donors (Lipinski definition) is 1. The zero-order valence-corrected chi connectivity index (χ0v) is 14.5. The van der Waals surface area contributed by atoms with E-state index >= 15 is 0 Å². The van der Waals surface area contributed by atoms with Crippen molar-refractivity contribution in [3.05, 3.63) is 31.1 Å². The van der Waals surface area contributed by atoms with Crippen LogP contribution in [0.15, 0.2) is 31.1 Å². The molecule has 2 aliphatic rings. The number of nitrogens with zero attached hydrogens (tertiary/aromatic N) is 6. The summed E-state index contributed by atoms with van der Waals surface area (Å²) in [5, 5.41) is 9.44. The normalized spacial score (nSPS) is 22.4. The highest BCUT2D eigenvalue weighted by atomic mass is 16.3. The van der Waals surface area contributed by atoms with E-state index in [1.54, 1.807) is 6.33 Å². The number of aliphatic hydroxyl groups is 1. The van der Waals surface area contributed by atoms with Crippen molar-refractivity contribution in [1.82, 2.24) is 19.5 Å². The monoisotopic (exact) mass is 342 g/mol. The van der Waals surface area contributed by atoms with E-state index in [4.69, 9.17) is 0 Å². The fourth-order valence-electron chi connectivity index (χ4n) is 3.98. The molecular weight excluding hydrogens is 316 g/mol. The molecule has 0 bridgehead atoms. The summed E-state index contributed by atoms with van der Waals surface area (Å²) < 4.78 is 2.21. The van der Waals surface area contributed by atoms with Crippen LogP contribution in [0.4, 0.5) is 11.6 Å². The van der Waals surface area contributed by atoms with Crippen molar-refractivity contribution in [3.8, 4) is 0 Å². The molecule has 7 heteroatoms. The molecule has 25 heavy (non-hydrogen) atoms. The Hall–Kier alpha value is -2.15. The molecule has 7 nitrogen and oxygen atoms in total. The lowest BCUT2D eigenvalue weighted by molar-refractivity contribution is 0.208. The van der Waals surface area contributed by atoms with Crippen LogP contribution in [0.3, 0.4) is 0 Å². The van der Waals surface area contributed by atoms with Crippen LogP contribution in [0.1, 0.15) is 31.7 Å². The fourth-order valence-corrected chi connectivity index (χ4v) is 3.98. The van der Waals surface area contributed by atoms with Crippen molar-refractivity contribution < 1.29 is 5.11 Å². The second-order valence-electron chi connectivity index (χ2n) is 7.10. The number of aliphatic hydroxyl groups excluding tert-OH is 1. The Morgan fingerprint density at radius 2 is 1.84 bits per heavy atom. The van der Waals surface area contributed by atoms with Crippen LogP contribution < -0.4 is 9.80 Å². The van der Waals surface area contributed by atoms with Gasteiger partial charge in [0.05, 0.1) is 6.33 Å². The van der Waals surface area contributed by atoms with Crippen molar-refractivity contribution in [2.45, 2.75) is 31.7 Å². The van der Waals surface area contributed by atoms with Gasteiger partial charge < -0.3 is 19.5 Å². The highest BCUT2D eigenvalue weighted by Crippen LogP contribution is 2.28. The quantitative estimate of drug-likeness (QED) is 0.912. The van der Waals surface area contributed by atoms with Crippen LogP contribution in [-0.2, 0) is 0 Å². The maximum Gasteiger partial charge on any atom is 0.134 e. The van der Waals surface area contributed by atoms with E-state index in [0.29, 0.717) is 12.0 Å². The molecule has 0 aliphatic carbocycles. The Morgan fingerprint density at radius 1 is 1.04 bits per heavy atom. The summed E-state index contributed by atoms with van der Waals surface area (Å²) in [5.41, 5.74) is 0. The Bertz CT molecular complexity index is 668. The first kappa shape index (κ1) is 16.3. The molecule has 2 aliphatic heterocycles. The number of rotatable bonds is 4. The lowest BCUT2D eigenvalue weighted by atomic mass is 9.99. The van der Waals surface area contributed by atoms with Gasteiger partial charge in [0.25, 0.3) is 0 Å². The van der Waals surface area contributed by atoms with Crippen molar-refractivity contribution in [2.75, 3.05) is 42.6 Å². The van der Waals surface area contributed by atoms with E-state index in [1.807, 2.05) is 12.5 Å². The second kappa shape index (κ2) is 7.39. The van der Waals surface area contributed by atoms with Gasteiger partial charge in [0.15, 0.2) is 0 Å². The minimum atomic E-state index is 0.260. The molecular formula is C18H26N6O. The SMILES string of the molecule is OCC1CCCN(c2cc(N3CCC(n4ccnc4)CC3)ncn2)C1. The fraction of sp³-hybridized carbons (Fsp3) is 0.611. The van der Waals surface area contributed by atoms with Gasteiger partial charge in [0.2, 0.25) is 0 Å². The van der Waals surface area contributed by atoms with Gasteiger partial charge in [-0.2, -0.15) is 0 Å². The Labute approximate surface area is 148 Å². The zero-order chi connectivity index (χ0) is 17.1. The Morgan fingerprint density at radius 3 is 2.56 bits per heavy atom. The lowest BCUT2D eigenvalue weighted by Crippen LogP contribution is -2.38. The summed E-state index contributed by atoms with van der Waals surface area (Å²) in [4.78, 5) is 17.8. The van der Waals surface area contributed by atoms with Crippen LogP contribution in [0.5, 0.6) is 0 Å². The summed E-state index contributed by atoms with van der Waals surface area (Å²) in [6.45, 7) is 4.15. The van der Waals surface area contributed by atoms with Crippen molar-refractivity contribution in [1.29, 1.82) is 0 Å². The third kappa shape index (κ3) is 3.61. The van der Waals surface area contributed by atoms with Crippen molar-refractivity contribution in [2.24, 2.45) is 5.92 Å². The van der Waals surface area contributed by atoms with Gasteiger partial charge in [-0.05, 0) is 31.6 Å². The largest absolute Gasteiger partial charge is 0.396 e. The van der Waals surface area contributed by atoms with Crippen LogP contribution in [0, 0.1) is 5.92 Å². The van der Waals surface area contributed by atoms with E-state index in [-0.39, 0.29) is 6.61 Å². The maximum atomic E-state index is 9.44. The van der Waals surface area contributed by atoms with Crippen LogP contribution in [-0.4, -0.2) is 57.4 Å². The summed E-state index contributed by atoms with van der Waals surface area (Å²) in [6.07, 6.45) is 11.9. The van der Waals surface area contributed by atoms with E-state index in [2.05, 4.69) is 41.6 Å². The topological polar surface area (TPSA) is 70.3 Å².